The molecular formula is C15H11ClO3S3. The second-order valence-electron chi connectivity index (χ2n) is 4.87. The highest BCUT2D eigenvalue weighted by Crippen LogP contribution is 2.30. The van der Waals surface area contributed by atoms with Crippen LogP contribution >= 0.6 is 34.3 Å². The zero-order chi connectivity index (χ0) is 15.9. The predicted octanol–water partition coefficient (Wildman–Crippen LogP) is 4.26. The summed E-state index contributed by atoms with van der Waals surface area (Å²) in [4.78, 5) is 11.7. The number of aryl methyl sites for hydroxylation is 1. The molecule has 0 atom stereocenters. The minimum absolute atomic E-state index is 0.0324. The monoisotopic (exact) mass is 370 g/mol. The first kappa shape index (κ1) is 15.7. The second-order valence-corrected chi connectivity index (χ2v) is 9.52. The van der Waals surface area contributed by atoms with Crippen molar-refractivity contribution in [2.75, 3.05) is 0 Å². The van der Waals surface area contributed by atoms with Crippen LogP contribution in [0.15, 0.2) is 46.1 Å². The molecule has 0 spiro atoms. The summed E-state index contributed by atoms with van der Waals surface area (Å²) in [6, 6.07) is 10.3. The van der Waals surface area contributed by atoms with Crippen LogP contribution in [-0.2, 0) is 15.6 Å². The molecular weight excluding hydrogens is 360 g/mol. The number of sulfone groups is 1. The Morgan fingerprint density at radius 3 is 2.41 bits per heavy atom. The van der Waals surface area contributed by atoms with Crippen LogP contribution in [0.1, 0.15) is 11.1 Å². The normalized spacial score (nSPS) is 11.9. The maximum atomic E-state index is 12.7. The van der Waals surface area contributed by atoms with Gasteiger partial charge in [-0.2, -0.15) is 0 Å². The van der Waals surface area contributed by atoms with E-state index in [4.69, 9.17) is 11.6 Å². The predicted molar refractivity (Wildman–Crippen MR) is 93.1 cm³/mol. The molecule has 1 aromatic heterocycles. The molecule has 0 N–H and O–H groups in total. The molecule has 0 saturated heterocycles. The highest BCUT2D eigenvalue weighted by Gasteiger charge is 2.20. The van der Waals surface area contributed by atoms with E-state index in [1.54, 1.807) is 43.3 Å². The first-order valence-corrected chi connectivity index (χ1v) is 10.0. The molecule has 2 aromatic carbocycles. The Morgan fingerprint density at radius 2 is 1.73 bits per heavy atom. The lowest BCUT2D eigenvalue weighted by atomic mass is 10.2. The Labute approximate surface area is 140 Å². The summed E-state index contributed by atoms with van der Waals surface area (Å²) in [7, 11) is -3.52. The molecule has 0 amide bonds. The molecule has 3 aromatic rings. The van der Waals surface area contributed by atoms with Gasteiger partial charge in [-0.1, -0.05) is 52.5 Å². The highest BCUT2D eigenvalue weighted by atomic mass is 35.5. The summed E-state index contributed by atoms with van der Waals surface area (Å²) in [5, 5.41) is 0.435. The maximum Gasteiger partial charge on any atom is 0.288 e. The summed E-state index contributed by atoms with van der Waals surface area (Å²) in [5.74, 6) is -0.155. The molecule has 0 bridgehead atoms. The Bertz CT molecular complexity index is 1020. The standard InChI is InChI=1S/C15H11ClO3S3/c1-9-6-12-13(21-15(17)20-12)7-14(9)22(18,19)8-10-4-2-3-5-11(10)16/h2-7H,8H2,1H3. The van der Waals surface area contributed by atoms with Crippen molar-refractivity contribution < 1.29 is 8.42 Å². The first-order chi connectivity index (χ1) is 10.4. The third kappa shape index (κ3) is 2.96. The Kier molecular flexibility index (Phi) is 4.11. The van der Waals surface area contributed by atoms with Crippen molar-refractivity contribution in [3.63, 3.8) is 0 Å². The molecule has 0 fully saturated rings. The Hall–Kier alpha value is -1.21. The minimum atomic E-state index is -3.52. The van der Waals surface area contributed by atoms with Crippen LogP contribution in [0.2, 0.25) is 5.02 Å². The topological polar surface area (TPSA) is 51.2 Å². The average molecular weight is 371 g/mol. The van der Waals surface area contributed by atoms with E-state index in [2.05, 4.69) is 0 Å². The van der Waals surface area contributed by atoms with Gasteiger partial charge >= 0.3 is 0 Å². The molecule has 0 aliphatic rings. The van der Waals surface area contributed by atoms with Crippen molar-refractivity contribution in [1.82, 2.24) is 0 Å². The zero-order valence-corrected chi connectivity index (χ0v) is 14.7. The fourth-order valence-corrected chi connectivity index (χ4v) is 6.30. The van der Waals surface area contributed by atoms with Crippen molar-refractivity contribution in [1.29, 1.82) is 0 Å². The van der Waals surface area contributed by atoms with Gasteiger partial charge in [-0.3, -0.25) is 4.79 Å². The van der Waals surface area contributed by atoms with E-state index in [1.807, 2.05) is 0 Å². The van der Waals surface area contributed by atoms with E-state index in [0.717, 1.165) is 27.4 Å². The molecule has 0 radical (unpaired) electrons. The van der Waals surface area contributed by atoms with Gasteiger partial charge in [0.1, 0.15) is 0 Å². The van der Waals surface area contributed by atoms with E-state index in [9.17, 15) is 13.2 Å². The number of hydrogen-bond acceptors (Lipinski definition) is 5. The van der Waals surface area contributed by atoms with Crippen LogP contribution in [-0.4, -0.2) is 8.42 Å². The maximum absolute atomic E-state index is 12.7. The van der Waals surface area contributed by atoms with Gasteiger partial charge in [-0.25, -0.2) is 8.42 Å². The first-order valence-electron chi connectivity index (χ1n) is 6.37. The summed E-state index contributed by atoms with van der Waals surface area (Å²) >= 11 is 8.27. The summed E-state index contributed by atoms with van der Waals surface area (Å²) in [6.07, 6.45) is 0. The van der Waals surface area contributed by atoms with E-state index in [1.165, 1.54) is 0 Å². The number of halogens is 1. The van der Waals surface area contributed by atoms with Crippen LogP contribution in [0.4, 0.5) is 0 Å². The van der Waals surface area contributed by atoms with Gasteiger partial charge in [0.15, 0.2) is 9.84 Å². The van der Waals surface area contributed by atoms with E-state index in [0.29, 0.717) is 20.8 Å². The lowest BCUT2D eigenvalue weighted by molar-refractivity contribution is 0.595. The minimum Gasteiger partial charge on any atom is -0.265 e. The largest absolute Gasteiger partial charge is 0.288 e. The van der Waals surface area contributed by atoms with Gasteiger partial charge in [-0.05, 0) is 36.2 Å². The fraction of sp³-hybridized carbons (Fsp3) is 0.133. The van der Waals surface area contributed by atoms with E-state index >= 15 is 0 Å². The molecule has 114 valence electrons. The molecule has 0 saturated carbocycles. The smallest absolute Gasteiger partial charge is 0.265 e. The summed E-state index contributed by atoms with van der Waals surface area (Å²) in [6.45, 7) is 1.74. The average Bonchev–Trinajstić information content (AvgIpc) is 2.79. The Morgan fingerprint density at radius 1 is 1.09 bits per heavy atom. The molecule has 0 aliphatic carbocycles. The van der Waals surface area contributed by atoms with E-state index < -0.39 is 9.84 Å². The van der Waals surface area contributed by atoms with Crippen molar-refractivity contribution in [2.24, 2.45) is 0 Å². The van der Waals surface area contributed by atoms with Crippen molar-refractivity contribution in [3.8, 4) is 0 Å². The van der Waals surface area contributed by atoms with Gasteiger partial charge in [0.2, 0.25) is 0 Å². The molecule has 1 heterocycles. The van der Waals surface area contributed by atoms with Crippen molar-refractivity contribution >= 4 is 53.5 Å². The second kappa shape index (κ2) is 5.77. The third-order valence-corrected chi connectivity index (χ3v) is 7.51. The molecule has 3 rings (SSSR count). The lowest BCUT2D eigenvalue weighted by Crippen LogP contribution is -2.07. The van der Waals surface area contributed by atoms with Gasteiger partial charge in [0.05, 0.1) is 15.3 Å². The van der Waals surface area contributed by atoms with E-state index in [-0.39, 0.29) is 14.7 Å². The molecule has 22 heavy (non-hydrogen) atoms. The molecule has 0 aliphatic heterocycles. The van der Waals surface area contributed by atoms with Gasteiger partial charge in [-0.15, -0.1) is 0 Å². The highest BCUT2D eigenvalue weighted by molar-refractivity contribution is 7.90. The SMILES string of the molecule is Cc1cc2sc(=O)sc2cc1S(=O)(=O)Cc1ccccc1Cl. The molecule has 3 nitrogen and oxygen atoms in total. The Balaban J connectivity index is 2.10. The summed E-state index contributed by atoms with van der Waals surface area (Å²) in [5.41, 5.74) is 1.22. The third-order valence-electron chi connectivity index (χ3n) is 3.27. The van der Waals surface area contributed by atoms with Crippen LogP contribution in [0, 0.1) is 6.92 Å². The number of fused-ring (bicyclic) bond motifs is 1. The van der Waals surface area contributed by atoms with Crippen molar-refractivity contribution in [2.45, 2.75) is 17.6 Å². The van der Waals surface area contributed by atoms with Crippen LogP contribution < -0.4 is 4.06 Å². The zero-order valence-electron chi connectivity index (χ0n) is 11.5. The van der Waals surface area contributed by atoms with Crippen LogP contribution in [0.25, 0.3) is 9.40 Å². The lowest BCUT2D eigenvalue weighted by Gasteiger charge is -2.09. The number of benzene rings is 2. The van der Waals surface area contributed by atoms with Crippen LogP contribution in [0.5, 0.6) is 0 Å². The van der Waals surface area contributed by atoms with Gasteiger partial charge in [0.25, 0.3) is 4.06 Å². The van der Waals surface area contributed by atoms with Crippen LogP contribution in [0.3, 0.4) is 0 Å². The fourth-order valence-electron chi connectivity index (χ4n) is 2.24. The number of rotatable bonds is 3. The quantitative estimate of drug-likeness (QED) is 0.692. The number of hydrogen-bond donors (Lipinski definition) is 0. The van der Waals surface area contributed by atoms with Crippen molar-refractivity contribution in [3.05, 3.63) is 61.4 Å². The molecule has 0 unspecified atom stereocenters. The summed E-state index contributed by atoms with van der Waals surface area (Å²) < 4.78 is 26.9. The van der Waals surface area contributed by atoms with Gasteiger partial charge in [0, 0.05) is 9.72 Å². The molecule has 7 heteroatoms. The van der Waals surface area contributed by atoms with Gasteiger partial charge < -0.3 is 0 Å².